The third kappa shape index (κ3) is 2.98. The number of carboxylic acid groups (broad SMARTS) is 2. The largest absolute Gasteiger partial charge is 0.486 e. The van der Waals surface area contributed by atoms with Crippen LogP contribution in [0.3, 0.4) is 0 Å². The Kier molecular flexibility index (Phi) is 4.07. The van der Waals surface area contributed by atoms with Crippen molar-refractivity contribution in [1.29, 1.82) is 0 Å². The Bertz CT molecular complexity index is 521. The van der Waals surface area contributed by atoms with Gasteiger partial charge in [0.2, 0.25) is 0 Å². The van der Waals surface area contributed by atoms with Crippen molar-refractivity contribution in [3.8, 4) is 5.75 Å². The first kappa shape index (κ1) is 14.1. The number of nitrogens with zero attached hydrogens (tertiary/aromatic N) is 1. The third-order valence-electron chi connectivity index (χ3n) is 3.15. The normalized spacial score (nSPS) is 22.4. The van der Waals surface area contributed by atoms with Gasteiger partial charge in [0.15, 0.2) is 6.17 Å². The molecule has 1 fully saturated rings. The number of hydrogen-bond donors (Lipinski definition) is 2. The molecule has 2 atom stereocenters. The smallest absolute Gasteiger partial charge is 0.407 e. The Labute approximate surface area is 114 Å². The molecule has 7 heteroatoms. The number of carbonyl (C=O) groups is 2. The average Bonchev–Trinajstić information content (AvgIpc) is 2.41. The number of rotatable bonds is 3. The van der Waals surface area contributed by atoms with Crippen LogP contribution >= 0.6 is 0 Å². The fraction of sp³-hybridized carbons (Fsp3) is 0.385. The number of halogens is 1. The van der Waals surface area contributed by atoms with Gasteiger partial charge in [-0.05, 0) is 12.1 Å². The van der Waals surface area contributed by atoms with E-state index in [0.29, 0.717) is 0 Å². The van der Waals surface area contributed by atoms with Gasteiger partial charge in [-0.15, -0.1) is 0 Å². The molecule has 1 heterocycles. The number of aromatic carboxylic acids is 1. The minimum Gasteiger partial charge on any atom is -0.486 e. The van der Waals surface area contributed by atoms with Crippen molar-refractivity contribution < 1.29 is 28.9 Å². The molecule has 0 aromatic heterocycles. The fourth-order valence-corrected chi connectivity index (χ4v) is 2.10. The van der Waals surface area contributed by atoms with Crippen LogP contribution in [0.25, 0.3) is 0 Å². The van der Waals surface area contributed by atoms with Gasteiger partial charge in [0, 0.05) is 13.0 Å². The minimum atomic E-state index is -1.48. The zero-order valence-electron chi connectivity index (χ0n) is 10.5. The summed E-state index contributed by atoms with van der Waals surface area (Å²) in [5.41, 5.74) is -0.0413. The highest BCUT2D eigenvalue weighted by Gasteiger charge is 2.33. The van der Waals surface area contributed by atoms with E-state index in [9.17, 15) is 14.0 Å². The van der Waals surface area contributed by atoms with Crippen molar-refractivity contribution in [1.82, 2.24) is 4.90 Å². The number of amides is 1. The maximum atomic E-state index is 13.9. The second-order valence-corrected chi connectivity index (χ2v) is 4.49. The monoisotopic (exact) mass is 283 g/mol. The molecule has 1 aromatic carbocycles. The molecular weight excluding hydrogens is 269 g/mol. The van der Waals surface area contributed by atoms with Crippen molar-refractivity contribution in [3.63, 3.8) is 0 Å². The number of hydrogen-bond acceptors (Lipinski definition) is 3. The predicted molar refractivity (Wildman–Crippen MR) is 66.9 cm³/mol. The molecule has 108 valence electrons. The zero-order valence-corrected chi connectivity index (χ0v) is 10.5. The van der Waals surface area contributed by atoms with E-state index in [-0.39, 0.29) is 30.8 Å². The van der Waals surface area contributed by atoms with Crippen LogP contribution in [-0.2, 0) is 0 Å². The minimum absolute atomic E-state index is 0.0413. The van der Waals surface area contributed by atoms with E-state index in [1.165, 1.54) is 12.1 Å². The highest BCUT2D eigenvalue weighted by molar-refractivity contribution is 5.90. The molecule has 20 heavy (non-hydrogen) atoms. The number of piperidine rings is 1. The molecule has 1 amide bonds. The van der Waals surface area contributed by atoms with Crippen molar-refractivity contribution in [2.45, 2.75) is 18.7 Å². The second-order valence-electron chi connectivity index (χ2n) is 4.49. The highest BCUT2D eigenvalue weighted by atomic mass is 19.1. The highest BCUT2D eigenvalue weighted by Crippen LogP contribution is 2.24. The Balaban J connectivity index is 2.08. The summed E-state index contributed by atoms with van der Waals surface area (Å²) >= 11 is 0. The number of likely N-dealkylation sites (tertiary alicyclic amines) is 1. The SMILES string of the molecule is O=C(O)c1ccccc1OC1CCN(C(=O)O)CC1F. The summed E-state index contributed by atoms with van der Waals surface area (Å²) in [5.74, 6) is -1.06. The topological polar surface area (TPSA) is 87.1 Å². The van der Waals surface area contributed by atoms with Gasteiger partial charge in [-0.3, -0.25) is 0 Å². The molecule has 0 radical (unpaired) electrons. The summed E-state index contributed by atoms with van der Waals surface area (Å²) in [6, 6.07) is 5.98. The Morgan fingerprint density at radius 2 is 2.00 bits per heavy atom. The molecule has 1 aliphatic heterocycles. The number of benzene rings is 1. The molecule has 1 saturated heterocycles. The lowest BCUT2D eigenvalue weighted by molar-refractivity contribution is 0.0240. The molecule has 2 rings (SSSR count). The van der Waals surface area contributed by atoms with Crippen molar-refractivity contribution in [2.75, 3.05) is 13.1 Å². The molecule has 2 unspecified atom stereocenters. The van der Waals surface area contributed by atoms with Gasteiger partial charge < -0.3 is 19.8 Å². The van der Waals surface area contributed by atoms with Gasteiger partial charge in [-0.1, -0.05) is 12.1 Å². The van der Waals surface area contributed by atoms with Gasteiger partial charge in [0.05, 0.1) is 6.54 Å². The average molecular weight is 283 g/mol. The summed E-state index contributed by atoms with van der Waals surface area (Å²) in [6.45, 7) is -0.106. The van der Waals surface area contributed by atoms with Crippen molar-refractivity contribution in [2.24, 2.45) is 0 Å². The molecule has 2 N–H and O–H groups in total. The van der Waals surface area contributed by atoms with E-state index < -0.39 is 24.3 Å². The van der Waals surface area contributed by atoms with E-state index in [4.69, 9.17) is 14.9 Å². The first-order valence-electron chi connectivity index (χ1n) is 6.10. The van der Waals surface area contributed by atoms with Crippen molar-refractivity contribution >= 4 is 12.1 Å². The van der Waals surface area contributed by atoms with Gasteiger partial charge in [0.1, 0.15) is 17.4 Å². The van der Waals surface area contributed by atoms with Crippen LogP contribution in [-0.4, -0.2) is 52.5 Å². The maximum absolute atomic E-state index is 13.9. The van der Waals surface area contributed by atoms with Crippen LogP contribution in [0.2, 0.25) is 0 Å². The Hall–Kier alpha value is -2.31. The molecule has 0 saturated carbocycles. The zero-order chi connectivity index (χ0) is 14.7. The molecule has 0 bridgehead atoms. The van der Waals surface area contributed by atoms with E-state index in [0.717, 1.165) is 4.90 Å². The third-order valence-corrected chi connectivity index (χ3v) is 3.15. The maximum Gasteiger partial charge on any atom is 0.407 e. The quantitative estimate of drug-likeness (QED) is 0.884. The van der Waals surface area contributed by atoms with Crippen LogP contribution in [0.4, 0.5) is 9.18 Å². The van der Waals surface area contributed by atoms with Gasteiger partial charge in [-0.2, -0.15) is 0 Å². The van der Waals surface area contributed by atoms with Crippen LogP contribution in [0.1, 0.15) is 16.8 Å². The lowest BCUT2D eigenvalue weighted by Gasteiger charge is -2.33. The summed E-state index contributed by atoms with van der Waals surface area (Å²) < 4.78 is 19.3. The number of alkyl halides is 1. The first-order chi connectivity index (χ1) is 9.49. The van der Waals surface area contributed by atoms with Crippen LogP contribution < -0.4 is 4.74 Å². The summed E-state index contributed by atoms with van der Waals surface area (Å²) in [6.07, 6.45) is -3.31. The molecule has 6 nitrogen and oxygen atoms in total. The van der Waals surface area contributed by atoms with Crippen LogP contribution in [0.5, 0.6) is 5.75 Å². The van der Waals surface area contributed by atoms with Crippen molar-refractivity contribution in [3.05, 3.63) is 29.8 Å². The van der Waals surface area contributed by atoms with E-state index in [1.54, 1.807) is 12.1 Å². The van der Waals surface area contributed by atoms with E-state index >= 15 is 0 Å². The Morgan fingerprint density at radius 3 is 2.60 bits per heavy atom. The first-order valence-corrected chi connectivity index (χ1v) is 6.10. The number of ether oxygens (including phenoxy) is 1. The summed E-state index contributed by atoms with van der Waals surface area (Å²) in [4.78, 5) is 22.8. The van der Waals surface area contributed by atoms with Gasteiger partial charge in [-0.25, -0.2) is 14.0 Å². The van der Waals surface area contributed by atoms with Crippen LogP contribution in [0.15, 0.2) is 24.3 Å². The summed E-state index contributed by atoms with van der Waals surface area (Å²) in [7, 11) is 0. The van der Waals surface area contributed by atoms with Gasteiger partial charge in [0.25, 0.3) is 0 Å². The number of carboxylic acids is 1. The van der Waals surface area contributed by atoms with E-state index in [2.05, 4.69) is 0 Å². The molecule has 1 aliphatic rings. The lowest BCUT2D eigenvalue weighted by Crippen LogP contribution is -2.48. The molecule has 0 aliphatic carbocycles. The molecular formula is C13H14FNO5. The molecule has 1 aromatic rings. The standard InChI is InChI=1S/C13H14FNO5/c14-9-7-15(13(18)19)6-5-11(9)20-10-4-2-1-3-8(10)12(16)17/h1-4,9,11H,5-7H2,(H,16,17)(H,18,19). The lowest BCUT2D eigenvalue weighted by atomic mass is 10.1. The Morgan fingerprint density at radius 1 is 1.30 bits per heavy atom. The van der Waals surface area contributed by atoms with E-state index in [1.807, 2.05) is 0 Å². The van der Waals surface area contributed by atoms with Crippen LogP contribution in [0, 0.1) is 0 Å². The predicted octanol–water partition coefficient (Wildman–Crippen LogP) is 1.85. The van der Waals surface area contributed by atoms with Gasteiger partial charge >= 0.3 is 12.1 Å². The number of para-hydroxylation sites is 1. The fourth-order valence-electron chi connectivity index (χ4n) is 2.10. The summed E-state index contributed by atoms with van der Waals surface area (Å²) in [5, 5.41) is 17.8. The molecule has 0 spiro atoms. The second kappa shape index (κ2) is 5.77.